The molecule has 0 aromatic carbocycles. The van der Waals surface area contributed by atoms with E-state index in [4.69, 9.17) is 9.47 Å². The van der Waals surface area contributed by atoms with E-state index in [2.05, 4.69) is 13.0 Å². The lowest BCUT2D eigenvalue weighted by molar-refractivity contribution is -0.156. The van der Waals surface area contributed by atoms with Crippen LogP contribution in [-0.2, 0) is 19.1 Å². The summed E-state index contributed by atoms with van der Waals surface area (Å²) in [5, 5.41) is 9.83. The summed E-state index contributed by atoms with van der Waals surface area (Å²) in [6.45, 7) is 10.1. The molecule has 0 saturated carbocycles. The molecule has 0 aliphatic carbocycles. The Bertz CT molecular complexity index is 428. The van der Waals surface area contributed by atoms with E-state index >= 15 is 0 Å². The van der Waals surface area contributed by atoms with Gasteiger partial charge in [0.05, 0.1) is 37.0 Å². The number of esters is 2. The Morgan fingerprint density at radius 1 is 1.08 bits per heavy atom. The van der Waals surface area contributed by atoms with Crippen molar-refractivity contribution in [2.45, 2.75) is 73.1 Å². The van der Waals surface area contributed by atoms with Crippen molar-refractivity contribution in [3.05, 3.63) is 0 Å². The Hall–Kier alpha value is -1.57. The highest BCUT2D eigenvalue weighted by Gasteiger charge is 2.39. The van der Waals surface area contributed by atoms with Gasteiger partial charge in [-0.3, -0.25) is 9.59 Å². The fraction of sp³-hybridized carbons (Fsp3) is 0.842. The van der Waals surface area contributed by atoms with Crippen LogP contribution in [0, 0.1) is 28.6 Å². The Balaban J connectivity index is 5.29. The van der Waals surface area contributed by atoms with Crippen molar-refractivity contribution in [2.24, 2.45) is 17.3 Å². The lowest BCUT2D eigenvalue weighted by Gasteiger charge is -2.33. The van der Waals surface area contributed by atoms with Gasteiger partial charge < -0.3 is 9.47 Å². The molecule has 0 heterocycles. The van der Waals surface area contributed by atoms with Gasteiger partial charge in [0.25, 0.3) is 0 Å². The van der Waals surface area contributed by atoms with Crippen molar-refractivity contribution in [3.63, 3.8) is 0 Å². The molecule has 0 spiro atoms. The first-order valence-corrected chi connectivity index (χ1v) is 9.10. The van der Waals surface area contributed by atoms with Gasteiger partial charge in [0.1, 0.15) is 0 Å². The maximum Gasteiger partial charge on any atom is 0.309 e. The van der Waals surface area contributed by atoms with E-state index in [1.54, 1.807) is 13.8 Å². The summed E-state index contributed by atoms with van der Waals surface area (Å²) in [5.41, 5.74) is -0.626. The molecule has 0 aliphatic heterocycles. The number of carbonyl (C=O) groups is 2. The number of hydrogen-bond acceptors (Lipinski definition) is 5. The monoisotopic (exact) mass is 339 g/mol. The topological polar surface area (TPSA) is 76.4 Å². The highest BCUT2D eigenvalue weighted by Crippen LogP contribution is 2.40. The zero-order valence-electron chi connectivity index (χ0n) is 15.9. The SMILES string of the molecule is CCCCCC(C#N)(CC(CC(=O)OCC)C(=O)OCC)C(C)C. The summed E-state index contributed by atoms with van der Waals surface area (Å²) in [6, 6.07) is 2.45. The molecule has 0 radical (unpaired) electrons. The molecule has 0 aliphatic rings. The molecule has 0 aromatic rings. The van der Waals surface area contributed by atoms with Crippen LogP contribution in [0.5, 0.6) is 0 Å². The zero-order chi connectivity index (χ0) is 18.6. The summed E-state index contributed by atoms with van der Waals surface area (Å²) in [7, 11) is 0. The average Bonchev–Trinajstić information content (AvgIpc) is 2.53. The Kier molecular flexibility index (Phi) is 11.1. The minimum atomic E-state index is -0.632. The van der Waals surface area contributed by atoms with Crippen molar-refractivity contribution >= 4 is 11.9 Å². The minimum Gasteiger partial charge on any atom is -0.466 e. The second-order valence-corrected chi connectivity index (χ2v) is 6.54. The average molecular weight is 339 g/mol. The van der Waals surface area contributed by atoms with Crippen LogP contribution in [0.3, 0.4) is 0 Å². The second-order valence-electron chi connectivity index (χ2n) is 6.54. The number of hydrogen-bond donors (Lipinski definition) is 0. The van der Waals surface area contributed by atoms with Crippen LogP contribution in [0.1, 0.15) is 73.1 Å². The summed E-state index contributed by atoms with van der Waals surface area (Å²) in [4.78, 5) is 24.1. The molecular weight excluding hydrogens is 306 g/mol. The van der Waals surface area contributed by atoms with Crippen molar-refractivity contribution in [1.82, 2.24) is 0 Å². The van der Waals surface area contributed by atoms with Gasteiger partial charge in [-0.25, -0.2) is 0 Å². The quantitative estimate of drug-likeness (QED) is 0.392. The summed E-state index contributed by atoms with van der Waals surface area (Å²) < 4.78 is 10.1. The van der Waals surface area contributed by atoms with Crippen LogP contribution in [0.4, 0.5) is 0 Å². The molecule has 2 unspecified atom stereocenters. The molecule has 0 bridgehead atoms. The standard InChI is InChI=1S/C19H33NO4/c1-6-9-10-11-19(14-20,15(4)5)13-16(18(22)24-8-3)12-17(21)23-7-2/h15-16H,6-13H2,1-5H3. The van der Waals surface area contributed by atoms with Crippen molar-refractivity contribution in [3.8, 4) is 6.07 Å². The molecule has 0 aromatic heterocycles. The Morgan fingerprint density at radius 3 is 2.17 bits per heavy atom. The minimum absolute atomic E-state index is 0.0311. The van der Waals surface area contributed by atoms with Crippen LogP contribution in [0.2, 0.25) is 0 Å². The predicted molar refractivity (Wildman–Crippen MR) is 93.0 cm³/mol. The van der Waals surface area contributed by atoms with E-state index in [-0.39, 0.29) is 25.6 Å². The van der Waals surface area contributed by atoms with Gasteiger partial charge in [0, 0.05) is 0 Å². The molecule has 2 atom stereocenters. The van der Waals surface area contributed by atoms with Gasteiger partial charge in [-0.2, -0.15) is 5.26 Å². The summed E-state index contributed by atoms with van der Waals surface area (Å²) in [5.74, 6) is -1.37. The number of nitrogens with zero attached hydrogens (tertiary/aromatic N) is 1. The van der Waals surface area contributed by atoms with E-state index in [1.165, 1.54) is 0 Å². The van der Waals surface area contributed by atoms with Gasteiger partial charge in [0.2, 0.25) is 0 Å². The first-order chi connectivity index (χ1) is 11.4. The van der Waals surface area contributed by atoms with Gasteiger partial charge in [-0.15, -0.1) is 0 Å². The molecule has 0 amide bonds. The normalized spacial score (nSPS) is 14.5. The third kappa shape index (κ3) is 7.33. The maximum absolute atomic E-state index is 12.3. The van der Waals surface area contributed by atoms with Crippen molar-refractivity contribution in [2.75, 3.05) is 13.2 Å². The lowest BCUT2D eigenvalue weighted by Crippen LogP contribution is -2.33. The zero-order valence-corrected chi connectivity index (χ0v) is 15.9. The Labute approximate surface area is 146 Å². The van der Waals surface area contributed by atoms with Crippen molar-refractivity contribution < 1.29 is 19.1 Å². The lowest BCUT2D eigenvalue weighted by atomic mass is 9.68. The fourth-order valence-electron chi connectivity index (χ4n) is 2.91. The molecule has 0 rings (SSSR count). The van der Waals surface area contributed by atoms with Gasteiger partial charge in [-0.1, -0.05) is 40.0 Å². The second kappa shape index (κ2) is 11.9. The molecule has 0 N–H and O–H groups in total. The molecule has 138 valence electrons. The molecule has 0 saturated heterocycles. The number of rotatable bonds is 12. The molecule has 0 fully saturated rings. The molecule has 24 heavy (non-hydrogen) atoms. The van der Waals surface area contributed by atoms with Gasteiger partial charge >= 0.3 is 11.9 Å². The van der Waals surface area contributed by atoms with Crippen LogP contribution in [-0.4, -0.2) is 25.2 Å². The number of nitriles is 1. The van der Waals surface area contributed by atoms with Crippen LogP contribution >= 0.6 is 0 Å². The predicted octanol–water partition coefficient (Wildman–Crippen LogP) is 4.26. The third-order valence-corrected chi connectivity index (χ3v) is 4.50. The van der Waals surface area contributed by atoms with Gasteiger partial charge in [0.15, 0.2) is 0 Å². The first-order valence-electron chi connectivity index (χ1n) is 9.10. The van der Waals surface area contributed by atoms with Crippen LogP contribution < -0.4 is 0 Å². The highest BCUT2D eigenvalue weighted by molar-refractivity contribution is 5.80. The smallest absolute Gasteiger partial charge is 0.309 e. The largest absolute Gasteiger partial charge is 0.466 e. The van der Waals surface area contributed by atoms with E-state index in [0.717, 1.165) is 25.7 Å². The van der Waals surface area contributed by atoms with Crippen molar-refractivity contribution in [1.29, 1.82) is 5.26 Å². The van der Waals surface area contributed by atoms with E-state index in [0.29, 0.717) is 6.42 Å². The molecule has 5 nitrogen and oxygen atoms in total. The van der Waals surface area contributed by atoms with Crippen LogP contribution in [0.15, 0.2) is 0 Å². The summed E-state index contributed by atoms with van der Waals surface area (Å²) >= 11 is 0. The van der Waals surface area contributed by atoms with E-state index < -0.39 is 23.3 Å². The third-order valence-electron chi connectivity index (χ3n) is 4.50. The summed E-state index contributed by atoms with van der Waals surface area (Å²) in [6.07, 6.45) is 4.10. The number of unbranched alkanes of at least 4 members (excludes halogenated alkanes) is 2. The first kappa shape index (κ1) is 22.4. The number of ether oxygens (including phenoxy) is 2. The molecule has 5 heteroatoms. The number of carbonyl (C=O) groups excluding carboxylic acids is 2. The van der Waals surface area contributed by atoms with Crippen LogP contribution in [0.25, 0.3) is 0 Å². The molecular formula is C19H33NO4. The Morgan fingerprint density at radius 2 is 1.71 bits per heavy atom. The fourth-order valence-corrected chi connectivity index (χ4v) is 2.91. The maximum atomic E-state index is 12.3. The van der Waals surface area contributed by atoms with E-state index in [9.17, 15) is 14.9 Å². The highest BCUT2D eigenvalue weighted by atomic mass is 16.5. The van der Waals surface area contributed by atoms with Gasteiger partial charge in [-0.05, 0) is 32.6 Å². The van der Waals surface area contributed by atoms with E-state index in [1.807, 2.05) is 13.8 Å².